The lowest BCUT2D eigenvalue weighted by molar-refractivity contribution is 0.440. The van der Waals surface area contributed by atoms with E-state index in [1.807, 2.05) is 6.92 Å². The molecule has 0 aliphatic heterocycles. The molecule has 4 rings (SSSR count). The van der Waals surface area contributed by atoms with Crippen molar-refractivity contribution in [3.05, 3.63) is 87.3 Å². The van der Waals surface area contributed by atoms with Crippen molar-refractivity contribution in [1.82, 2.24) is 9.97 Å². The second-order valence-corrected chi connectivity index (χ2v) is 9.00. The largest absolute Gasteiger partial charge is 0.424 e. The number of fused-ring (bicyclic) bond motifs is 1. The molecule has 10 heteroatoms. The number of sulfonamides is 1. The lowest BCUT2D eigenvalue weighted by Gasteiger charge is -2.10. The summed E-state index contributed by atoms with van der Waals surface area (Å²) in [6.07, 6.45) is 4.21. The van der Waals surface area contributed by atoms with E-state index in [4.69, 9.17) is 14.3 Å². The third-order valence-electron chi connectivity index (χ3n) is 5.24. The third-order valence-corrected chi connectivity index (χ3v) is 6.17. The molecule has 4 aromatic rings. The van der Waals surface area contributed by atoms with Crippen molar-refractivity contribution < 1.29 is 22.0 Å². The van der Waals surface area contributed by atoms with Gasteiger partial charge < -0.3 is 9.15 Å². The van der Waals surface area contributed by atoms with Gasteiger partial charge in [0.25, 0.3) is 0 Å². The summed E-state index contributed by atoms with van der Waals surface area (Å²) in [7, 11) is -4.24. The molecular formula is C23H20FN3O5S. The number of hydrogen-bond donors (Lipinski definition) is 1. The Balaban J connectivity index is 1.67. The van der Waals surface area contributed by atoms with Gasteiger partial charge in [-0.05, 0) is 54.3 Å². The van der Waals surface area contributed by atoms with E-state index < -0.39 is 26.4 Å². The van der Waals surface area contributed by atoms with Crippen molar-refractivity contribution in [3.63, 3.8) is 0 Å². The molecule has 0 unspecified atom stereocenters. The average molecular weight is 469 g/mol. The maximum atomic E-state index is 13.8. The monoisotopic (exact) mass is 469 g/mol. The van der Waals surface area contributed by atoms with Gasteiger partial charge in [-0.25, -0.2) is 32.7 Å². The summed E-state index contributed by atoms with van der Waals surface area (Å²) in [4.78, 5) is 20.4. The third kappa shape index (κ3) is 4.76. The summed E-state index contributed by atoms with van der Waals surface area (Å²) in [5.74, 6) is -0.553. The summed E-state index contributed by atoms with van der Waals surface area (Å²) in [6, 6.07) is 8.71. The number of aromatic nitrogens is 2. The summed E-state index contributed by atoms with van der Waals surface area (Å²) in [6.45, 7) is 3.75. The number of hydrogen-bond acceptors (Lipinski definition) is 7. The van der Waals surface area contributed by atoms with Crippen LogP contribution in [0.15, 0.2) is 62.9 Å². The lowest BCUT2D eigenvalue weighted by atomic mass is 9.99. The number of primary sulfonamides is 1. The highest BCUT2D eigenvalue weighted by molar-refractivity contribution is 7.89. The summed E-state index contributed by atoms with van der Waals surface area (Å²) in [5.41, 5.74) is 2.07. The van der Waals surface area contributed by atoms with Crippen LogP contribution in [0.3, 0.4) is 0 Å². The molecule has 8 nitrogen and oxygen atoms in total. The van der Waals surface area contributed by atoms with Crippen LogP contribution in [0.1, 0.15) is 29.2 Å². The number of nitrogens with two attached hydrogens (primary N) is 1. The van der Waals surface area contributed by atoms with E-state index in [0.717, 1.165) is 24.1 Å². The van der Waals surface area contributed by atoms with Gasteiger partial charge in [-0.1, -0.05) is 13.0 Å². The molecule has 2 aromatic carbocycles. The molecule has 0 saturated carbocycles. The van der Waals surface area contributed by atoms with E-state index in [0.29, 0.717) is 33.4 Å². The second kappa shape index (κ2) is 8.72. The molecule has 0 aliphatic rings. The van der Waals surface area contributed by atoms with Gasteiger partial charge in [0.15, 0.2) is 0 Å². The fourth-order valence-electron chi connectivity index (χ4n) is 3.41. The Kier molecular flexibility index (Phi) is 5.96. The molecule has 33 heavy (non-hydrogen) atoms. The van der Waals surface area contributed by atoms with Gasteiger partial charge in [0, 0.05) is 35.8 Å². The van der Waals surface area contributed by atoms with Crippen LogP contribution in [0.25, 0.3) is 11.0 Å². The van der Waals surface area contributed by atoms with Crippen LogP contribution in [-0.2, 0) is 22.9 Å². The Hall–Kier alpha value is -3.63. The SMILES string of the molecule is CCc1cnc(Oc2ccc3c(C)c(Cc4ccc(F)c(S(N)(=O)=O)c4)c(=O)oc3c2)nc1. The molecule has 0 bridgehead atoms. The first kappa shape index (κ1) is 22.6. The summed E-state index contributed by atoms with van der Waals surface area (Å²) in [5, 5.41) is 5.74. The van der Waals surface area contributed by atoms with Gasteiger partial charge in [-0.15, -0.1) is 0 Å². The van der Waals surface area contributed by atoms with Gasteiger partial charge >= 0.3 is 11.6 Å². The van der Waals surface area contributed by atoms with Gasteiger partial charge in [0.2, 0.25) is 10.0 Å². The standard InChI is InChI=1S/C23H20FN3O5S/c1-3-14-11-26-23(27-12-14)31-16-5-6-17-13(2)18(22(28)32-20(17)10-16)8-15-4-7-19(24)21(9-15)33(25,29)30/h4-7,9-12H,3,8H2,1-2H3,(H2,25,29,30). The van der Waals surface area contributed by atoms with Crippen LogP contribution in [-0.4, -0.2) is 18.4 Å². The number of aryl methyl sites for hydroxylation is 2. The van der Waals surface area contributed by atoms with E-state index in [-0.39, 0.29) is 12.4 Å². The first-order chi connectivity index (χ1) is 15.7. The molecule has 2 N–H and O–H groups in total. The van der Waals surface area contributed by atoms with Gasteiger partial charge in [-0.3, -0.25) is 0 Å². The molecule has 0 spiro atoms. The Bertz CT molecular complexity index is 1520. The number of halogens is 1. The normalized spacial score (nSPS) is 11.6. The second-order valence-electron chi connectivity index (χ2n) is 7.47. The zero-order chi connectivity index (χ0) is 23.8. The molecule has 170 valence electrons. The van der Waals surface area contributed by atoms with Gasteiger partial charge in [0.05, 0.1) is 0 Å². The highest BCUT2D eigenvalue weighted by Gasteiger charge is 2.18. The fraction of sp³-hybridized carbons (Fsp3) is 0.174. The number of ether oxygens (including phenoxy) is 1. The minimum atomic E-state index is -4.24. The van der Waals surface area contributed by atoms with Crippen LogP contribution in [0, 0.1) is 12.7 Å². The van der Waals surface area contributed by atoms with E-state index >= 15 is 0 Å². The Morgan fingerprint density at radius 2 is 1.82 bits per heavy atom. The Morgan fingerprint density at radius 1 is 1.09 bits per heavy atom. The van der Waals surface area contributed by atoms with Crippen LogP contribution >= 0.6 is 0 Å². The maximum Gasteiger partial charge on any atom is 0.340 e. The number of benzene rings is 2. The van der Waals surface area contributed by atoms with E-state index in [1.165, 1.54) is 6.07 Å². The van der Waals surface area contributed by atoms with Crippen LogP contribution in [0.5, 0.6) is 11.8 Å². The number of rotatable bonds is 6. The van der Waals surface area contributed by atoms with Crippen molar-refractivity contribution in [1.29, 1.82) is 0 Å². The molecule has 0 fully saturated rings. The Morgan fingerprint density at radius 3 is 2.48 bits per heavy atom. The summed E-state index contributed by atoms with van der Waals surface area (Å²) >= 11 is 0. The lowest BCUT2D eigenvalue weighted by Crippen LogP contribution is -2.15. The van der Waals surface area contributed by atoms with Crippen molar-refractivity contribution in [2.45, 2.75) is 31.6 Å². The molecule has 2 aromatic heterocycles. The zero-order valence-corrected chi connectivity index (χ0v) is 18.6. The Labute approximate surface area is 188 Å². The fourth-order valence-corrected chi connectivity index (χ4v) is 4.06. The van der Waals surface area contributed by atoms with Crippen molar-refractivity contribution >= 4 is 21.0 Å². The highest BCUT2D eigenvalue weighted by atomic mass is 32.2. The van der Waals surface area contributed by atoms with E-state index in [9.17, 15) is 17.6 Å². The molecule has 0 aliphatic carbocycles. The molecular weight excluding hydrogens is 449 g/mol. The minimum absolute atomic E-state index is 0.0444. The van der Waals surface area contributed by atoms with Crippen molar-refractivity contribution in [3.8, 4) is 11.8 Å². The van der Waals surface area contributed by atoms with Crippen LogP contribution < -0.4 is 15.5 Å². The smallest absolute Gasteiger partial charge is 0.340 e. The summed E-state index contributed by atoms with van der Waals surface area (Å²) < 4.78 is 48.2. The van der Waals surface area contributed by atoms with Crippen molar-refractivity contribution in [2.75, 3.05) is 0 Å². The quantitative estimate of drug-likeness (QED) is 0.428. The first-order valence-corrected chi connectivity index (χ1v) is 11.6. The number of nitrogens with zero attached hydrogens (tertiary/aromatic N) is 2. The zero-order valence-electron chi connectivity index (χ0n) is 17.8. The van der Waals surface area contributed by atoms with Crippen molar-refractivity contribution in [2.24, 2.45) is 5.14 Å². The van der Waals surface area contributed by atoms with Gasteiger partial charge in [0.1, 0.15) is 22.0 Å². The van der Waals surface area contributed by atoms with Crippen LogP contribution in [0.4, 0.5) is 4.39 Å². The molecule has 0 amide bonds. The van der Waals surface area contributed by atoms with Gasteiger partial charge in [-0.2, -0.15) is 0 Å². The topological polar surface area (TPSA) is 125 Å². The van der Waals surface area contributed by atoms with E-state index in [2.05, 4.69) is 9.97 Å². The minimum Gasteiger partial charge on any atom is -0.424 e. The molecule has 0 atom stereocenters. The predicted molar refractivity (Wildman–Crippen MR) is 119 cm³/mol. The highest BCUT2D eigenvalue weighted by Crippen LogP contribution is 2.27. The molecule has 0 saturated heterocycles. The first-order valence-electron chi connectivity index (χ1n) is 10.0. The molecule has 2 heterocycles. The van der Waals surface area contributed by atoms with E-state index in [1.54, 1.807) is 37.5 Å². The van der Waals surface area contributed by atoms with Crippen LogP contribution in [0.2, 0.25) is 0 Å². The predicted octanol–water partition coefficient (Wildman–Crippen LogP) is 3.62. The molecule has 0 radical (unpaired) electrons. The maximum absolute atomic E-state index is 13.8. The average Bonchev–Trinajstić information content (AvgIpc) is 2.77.